The molecular formula is C18H27ClN2O2. The van der Waals surface area contributed by atoms with Crippen LogP contribution in [0, 0.1) is 5.92 Å². The number of benzene rings is 1. The predicted molar refractivity (Wildman–Crippen MR) is 93.9 cm³/mol. The fraction of sp³-hybridized carbons (Fsp3) is 0.611. The van der Waals surface area contributed by atoms with Crippen LogP contribution in [0.25, 0.3) is 0 Å². The lowest BCUT2D eigenvalue weighted by Crippen LogP contribution is -2.39. The second kappa shape index (κ2) is 7.54. The van der Waals surface area contributed by atoms with Crippen molar-refractivity contribution in [1.29, 1.82) is 0 Å². The summed E-state index contributed by atoms with van der Waals surface area (Å²) in [5, 5.41) is 4.16. The van der Waals surface area contributed by atoms with Gasteiger partial charge in [0.15, 0.2) is 0 Å². The van der Waals surface area contributed by atoms with E-state index < -0.39 is 5.60 Å². The van der Waals surface area contributed by atoms with Crippen molar-refractivity contribution in [3.05, 3.63) is 34.9 Å². The van der Waals surface area contributed by atoms with Gasteiger partial charge in [0.1, 0.15) is 5.60 Å². The molecular weight excluding hydrogens is 312 g/mol. The Kier molecular flexibility index (Phi) is 5.93. The lowest BCUT2D eigenvalue weighted by Gasteiger charge is -2.26. The fourth-order valence-electron chi connectivity index (χ4n) is 2.99. The molecule has 5 heteroatoms. The third-order valence-electron chi connectivity index (χ3n) is 4.19. The van der Waals surface area contributed by atoms with Gasteiger partial charge in [-0.3, -0.25) is 0 Å². The van der Waals surface area contributed by atoms with Gasteiger partial charge in [0.25, 0.3) is 0 Å². The summed E-state index contributed by atoms with van der Waals surface area (Å²) in [4.78, 5) is 14.0. The third kappa shape index (κ3) is 5.40. The number of hydrogen-bond donors (Lipinski definition) is 1. The molecule has 0 aromatic heterocycles. The second-order valence-electron chi connectivity index (χ2n) is 7.20. The summed E-state index contributed by atoms with van der Waals surface area (Å²) in [6.07, 6.45) is 1.72. The molecule has 2 rings (SSSR count). The van der Waals surface area contributed by atoms with Gasteiger partial charge in [-0.1, -0.05) is 23.7 Å². The summed E-state index contributed by atoms with van der Waals surface area (Å²) in [6.45, 7) is 7.20. The zero-order valence-electron chi connectivity index (χ0n) is 14.4. The van der Waals surface area contributed by atoms with Crippen LogP contribution in [0.15, 0.2) is 24.3 Å². The van der Waals surface area contributed by atoms with E-state index in [1.807, 2.05) is 44.9 Å². The third-order valence-corrected chi connectivity index (χ3v) is 4.44. The van der Waals surface area contributed by atoms with Crippen LogP contribution >= 0.6 is 11.6 Å². The van der Waals surface area contributed by atoms with Gasteiger partial charge in [0.2, 0.25) is 0 Å². The van der Waals surface area contributed by atoms with E-state index in [4.69, 9.17) is 16.3 Å². The molecule has 4 nitrogen and oxygen atoms in total. The summed E-state index contributed by atoms with van der Waals surface area (Å²) < 4.78 is 5.47. The van der Waals surface area contributed by atoms with Crippen molar-refractivity contribution in [3.8, 4) is 0 Å². The van der Waals surface area contributed by atoms with Crippen molar-refractivity contribution in [2.75, 3.05) is 20.1 Å². The molecule has 2 atom stereocenters. The van der Waals surface area contributed by atoms with Crippen molar-refractivity contribution in [1.82, 2.24) is 10.2 Å². The normalized spacial score (nSPS) is 19.7. The van der Waals surface area contributed by atoms with E-state index in [0.29, 0.717) is 12.0 Å². The number of carbonyl (C=O) groups excluding carboxylic acids is 1. The molecule has 1 aliphatic heterocycles. The van der Waals surface area contributed by atoms with Gasteiger partial charge >= 0.3 is 6.09 Å². The minimum absolute atomic E-state index is 0.207. The van der Waals surface area contributed by atoms with Gasteiger partial charge in [-0.05, 0) is 64.3 Å². The van der Waals surface area contributed by atoms with Crippen LogP contribution in [-0.2, 0) is 11.2 Å². The number of rotatable bonds is 4. The van der Waals surface area contributed by atoms with Gasteiger partial charge < -0.3 is 15.0 Å². The maximum atomic E-state index is 12.2. The molecule has 0 spiro atoms. The van der Waals surface area contributed by atoms with Crippen LogP contribution in [-0.4, -0.2) is 42.8 Å². The van der Waals surface area contributed by atoms with Crippen LogP contribution in [0.4, 0.5) is 4.79 Å². The van der Waals surface area contributed by atoms with Crippen LogP contribution in [0.5, 0.6) is 0 Å². The highest BCUT2D eigenvalue weighted by atomic mass is 35.5. The molecule has 1 amide bonds. The predicted octanol–water partition coefficient (Wildman–Crippen LogP) is 3.73. The molecule has 2 unspecified atom stereocenters. The van der Waals surface area contributed by atoms with E-state index in [0.717, 1.165) is 31.0 Å². The van der Waals surface area contributed by atoms with Crippen molar-refractivity contribution in [3.63, 3.8) is 0 Å². The maximum Gasteiger partial charge on any atom is 0.410 e. The van der Waals surface area contributed by atoms with Crippen molar-refractivity contribution in [2.45, 2.75) is 45.3 Å². The van der Waals surface area contributed by atoms with E-state index in [9.17, 15) is 4.79 Å². The minimum atomic E-state index is -0.444. The van der Waals surface area contributed by atoms with Gasteiger partial charge in [-0.25, -0.2) is 4.79 Å². The monoisotopic (exact) mass is 338 g/mol. The SMILES string of the molecule is CNC(Cc1ccc(Cl)cc1)C1CCN(C(=O)OC(C)(C)C)C1. The number of nitrogens with zero attached hydrogens (tertiary/aromatic N) is 1. The zero-order chi connectivity index (χ0) is 17.0. The molecule has 1 saturated heterocycles. The molecule has 1 heterocycles. The largest absolute Gasteiger partial charge is 0.444 e. The van der Waals surface area contributed by atoms with Crippen LogP contribution in [0.3, 0.4) is 0 Å². The Morgan fingerprint density at radius 1 is 1.39 bits per heavy atom. The average molecular weight is 339 g/mol. The second-order valence-corrected chi connectivity index (χ2v) is 7.64. The lowest BCUT2D eigenvalue weighted by atomic mass is 9.93. The van der Waals surface area contributed by atoms with Gasteiger partial charge in [-0.15, -0.1) is 0 Å². The van der Waals surface area contributed by atoms with Crippen molar-refractivity contribution in [2.24, 2.45) is 5.92 Å². The molecule has 1 fully saturated rings. The number of halogens is 1. The van der Waals surface area contributed by atoms with Crippen LogP contribution < -0.4 is 5.32 Å². The summed E-state index contributed by atoms with van der Waals surface area (Å²) in [5.74, 6) is 0.434. The van der Waals surface area contributed by atoms with Gasteiger partial charge in [0, 0.05) is 24.2 Å². The Morgan fingerprint density at radius 3 is 2.61 bits per heavy atom. The van der Waals surface area contributed by atoms with E-state index in [-0.39, 0.29) is 6.09 Å². The first-order chi connectivity index (χ1) is 10.8. The Morgan fingerprint density at radius 2 is 2.04 bits per heavy atom. The summed E-state index contributed by atoms with van der Waals surface area (Å²) >= 11 is 5.94. The fourth-order valence-corrected chi connectivity index (χ4v) is 3.11. The Labute approximate surface area is 144 Å². The van der Waals surface area contributed by atoms with Gasteiger partial charge in [0.05, 0.1) is 0 Å². The van der Waals surface area contributed by atoms with Crippen molar-refractivity contribution >= 4 is 17.7 Å². The van der Waals surface area contributed by atoms with Crippen molar-refractivity contribution < 1.29 is 9.53 Å². The number of likely N-dealkylation sites (N-methyl/N-ethyl adjacent to an activating group) is 1. The maximum absolute atomic E-state index is 12.2. The quantitative estimate of drug-likeness (QED) is 0.909. The standard InChI is InChI=1S/C18H27ClN2O2/c1-18(2,3)23-17(22)21-10-9-14(12-21)16(20-4)11-13-5-7-15(19)8-6-13/h5-8,14,16,20H,9-12H2,1-4H3. The molecule has 1 aromatic rings. The van der Waals surface area contributed by atoms with Gasteiger partial charge in [-0.2, -0.15) is 0 Å². The molecule has 128 valence electrons. The molecule has 1 N–H and O–H groups in total. The number of ether oxygens (including phenoxy) is 1. The summed E-state index contributed by atoms with van der Waals surface area (Å²) in [6, 6.07) is 8.31. The molecule has 1 aromatic carbocycles. The summed E-state index contributed by atoms with van der Waals surface area (Å²) in [7, 11) is 1.98. The highest BCUT2D eigenvalue weighted by Gasteiger charge is 2.33. The number of hydrogen-bond acceptors (Lipinski definition) is 3. The van der Waals surface area contributed by atoms with E-state index in [2.05, 4.69) is 17.4 Å². The Balaban J connectivity index is 1.93. The Hall–Kier alpha value is -1.26. The first-order valence-corrected chi connectivity index (χ1v) is 8.56. The molecule has 0 aliphatic carbocycles. The Bertz CT molecular complexity index is 525. The first-order valence-electron chi connectivity index (χ1n) is 8.18. The van der Waals surface area contributed by atoms with Crippen LogP contribution in [0.2, 0.25) is 5.02 Å². The van der Waals surface area contributed by atoms with Crippen LogP contribution in [0.1, 0.15) is 32.8 Å². The molecule has 0 radical (unpaired) electrons. The first kappa shape index (κ1) is 18.1. The highest BCUT2D eigenvalue weighted by molar-refractivity contribution is 6.30. The minimum Gasteiger partial charge on any atom is -0.444 e. The number of nitrogens with one attached hydrogen (secondary N) is 1. The molecule has 0 bridgehead atoms. The molecule has 1 aliphatic rings. The highest BCUT2D eigenvalue weighted by Crippen LogP contribution is 2.24. The zero-order valence-corrected chi connectivity index (χ0v) is 15.2. The molecule has 23 heavy (non-hydrogen) atoms. The lowest BCUT2D eigenvalue weighted by molar-refractivity contribution is 0.0285. The molecule has 0 saturated carbocycles. The topological polar surface area (TPSA) is 41.6 Å². The van der Waals surface area contributed by atoms with E-state index >= 15 is 0 Å². The average Bonchev–Trinajstić information content (AvgIpc) is 2.94. The number of amides is 1. The smallest absolute Gasteiger partial charge is 0.410 e. The van der Waals surface area contributed by atoms with E-state index in [1.165, 1.54) is 5.56 Å². The summed E-state index contributed by atoms with van der Waals surface area (Å²) in [5.41, 5.74) is 0.811. The van der Waals surface area contributed by atoms with E-state index in [1.54, 1.807) is 0 Å². The number of likely N-dealkylation sites (tertiary alicyclic amines) is 1. The number of carbonyl (C=O) groups is 1.